The maximum absolute atomic E-state index is 13.5. The van der Waals surface area contributed by atoms with Gasteiger partial charge in [0, 0.05) is 23.3 Å². The molecule has 32 heavy (non-hydrogen) atoms. The van der Waals surface area contributed by atoms with E-state index in [1.54, 1.807) is 6.07 Å². The Morgan fingerprint density at radius 2 is 1.69 bits per heavy atom. The highest BCUT2D eigenvalue weighted by Gasteiger charge is 2.33. The molecule has 176 valence electrons. The van der Waals surface area contributed by atoms with Gasteiger partial charge < -0.3 is 10.6 Å². The SMILES string of the molecule is Cc1ccc(CCCCCNc2ccc(CNCCCO[P+](=O)O)cc2C(F)(F)F)cc1. The summed E-state index contributed by atoms with van der Waals surface area (Å²) in [5.74, 6) is 0. The number of alkyl halides is 3. The summed E-state index contributed by atoms with van der Waals surface area (Å²) >= 11 is 0. The van der Waals surface area contributed by atoms with Gasteiger partial charge in [0.05, 0.1) is 5.56 Å². The fourth-order valence-electron chi connectivity index (χ4n) is 3.27. The lowest BCUT2D eigenvalue weighted by molar-refractivity contribution is -0.137. The molecular formula is C23H31F3N2O3P+. The summed E-state index contributed by atoms with van der Waals surface area (Å²) in [6.45, 7) is 3.39. The summed E-state index contributed by atoms with van der Waals surface area (Å²) in [6.07, 6.45) is -0.241. The van der Waals surface area contributed by atoms with Crippen LogP contribution in [0.4, 0.5) is 18.9 Å². The Hall–Kier alpha value is -1.99. The zero-order chi connectivity index (χ0) is 23.4. The highest BCUT2D eigenvalue weighted by atomic mass is 31.1. The van der Waals surface area contributed by atoms with Crippen LogP contribution in [0.3, 0.4) is 0 Å². The van der Waals surface area contributed by atoms with Gasteiger partial charge in [-0.2, -0.15) is 13.2 Å². The van der Waals surface area contributed by atoms with Crippen molar-refractivity contribution in [2.45, 2.75) is 51.7 Å². The minimum absolute atomic E-state index is 0.0972. The number of nitrogens with one attached hydrogen (secondary N) is 2. The minimum Gasteiger partial charge on any atom is -0.385 e. The zero-order valence-electron chi connectivity index (χ0n) is 18.3. The van der Waals surface area contributed by atoms with Gasteiger partial charge in [0.2, 0.25) is 0 Å². The Morgan fingerprint density at radius 1 is 0.969 bits per heavy atom. The molecule has 0 radical (unpaired) electrons. The Kier molecular flexibility index (Phi) is 11.1. The van der Waals surface area contributed by atoms with Gasteiger partial charge in [-0.15, -0.1) is 9.42 Å². The second-order valence-corrected chi connectivity index (χ2v) is 8.44. The number of hydrogen-bond donors (Lipinski definition) is 3. The highest BCUT2D eigenvalue weighted by molar-refractivity contribution is 7.32. The number of hydrogen-bond acceptors (Lipinski definition) is 4. The molecule has 9 heteroatoms. The molecular weight excluding hydrogens is 440 g/mol. The second-order valence-electron chi connectivity index (χ2n) is 7.70. The minimum atomic E-state index is -4.44. The van der Waals surface area contributed by atoms with Crippen LogP contribution in [0.2, 0.25) is 0 Å². The van der Waals surface area contributed by atoms with Gasteiger partial charge in [0.1, 0.15) is 6.61 Å². The molecule has 1 unspecified atom stereocenters. The van der Waals surface area contributed by atoms with Crippen LogP contribution in [0.25, 0.3) is 0 Å². The van der Waals surface area contributed by atoms with Crippen LogP contribution in [0.1, 0.15) is 47.9 Å². The van der Waals surface area contributed by atoms with E-state index in [1.807, 2.05) is 0 Å². The summed E-state index contributed by atoms with van der Waals surface area (Å²) in [7, 11) is -2.62. The third-order valence-corrected chi connectivity index (χ3v) is 5.40. The molecule has 0 aromatic heterocycles. The van der Waals surface area contributed by atoms with Gasteiger partial charge >= 0.3 is 14.4 Å². The molecule has 2 rings (SSSR count). The molecule has 1 atom stereocenters. The molecule has 0 spiro atoms. The van der Waals surface area contributed by atoms with Crippen LogP contribution in [0.15, 0.2) is 42.5 Å². The lowest BCUT2D eigenvalue weighted by Gasteiger charge is -2.16. The first kappa shape index (κ1) is 26.3. The van der Waals surface area contributed by atoms with Crippen molar-refractivity contribution in [3.8, 4) is 0 Å². The van der Waals surface area contributed by atoms with E-state index in [-0.39, 0.29) is 18.8 Å². The maximum Gasteiger partial charge on any atom is 0.694 e. The molecule has 0 amide bonds. The predicted octanol–water partition coefficient (Wildman–Crippen LogP) is 5.98. The average Bonchev–Trinajstić information content (AvgIpc) is 2.74. The van der Waals surface area contributed by atoms with Crippen LogP contribution in [-0.4, -0.2) is 24.6 Å². The topological polar surface area (TPSA) is 70.6 Å². The first-order valence-corrected chi connectivity index (χ1v) is 11.9. The third-order valence-electron chi connectivity index (χ3n) is 5.00. The molecule has 0 saturated carbocycles. The molecule has 0 saturated heterocycles. The molecule has 0 aliphatic rings. The number of rotatable bonds is 14. The van der Waals surface area contributed by atoms with Crippen LogP contribution >= 0.6 is 8.25 Å². The predicted molar refractivity (Wildman–Crippen MR) is 121 cm³/mol. The van der Waals surface area contributed by atoms with Crippen molar-refractivity contribution in [1.29, 1.82) is 0 Å². The largest absolute Gasteiger partial charge is 0.694 e. The first-order chi connectivity index (χ1) is 15.3. The molecule has 0 aliphatic carbocycles. The quantitative estimate of drug-likeness (QED) is 0.233. The van der Waals surface area contributed by atoms with Crippen molar-refractivity contribution >= 4 is 13.9 Å². The van der Waals surface area contributed by atoms with Crippen LogP contribution in [0, 0.1) is 6.92 Å². The number of benzene rings is 2. The normalized spacial score (nSPS) is 12.1. The average molecular weight is 471 g/mol. The van der Waals surface area contributed by atoms with Gasteiger partial charge in [0.25, 0.3) is 0 Å². The van der Waals surface area contributed by atoms with E-state index in [0.717, 1.165) is 31.7 Å². The van der Waals surface area contributed by atoms with E-state index in [1.165, 1.54) is 17.2 Å². The van der Waals surface area contributed by atoms with Crippen molar-refractivity contribution in [3.63, 3.8) is 0 Å². The Bertz CT molecular complexity index is 845. The molecule has 2 aromatic rings. The Morgan fingerprint density at radius 3 is 2.38 bits per heavy atom. The Balaban J connectivity index is 1.76. The fourth-order valence-corrected chi connectivity index (χ4v) is 3.56. The third kappa shape index (κ3) is 10.1. The van der Waals surface area contributed by atoms with E-state index in [9.17, 15) is 17.7 Å². The van der Waals surface area contributed by atoms with Crippen molar-refractivity contribution < 1.29 is 27.2 Å². The Labute approximate surface area is 188 Å². The second kappa shape index (κ2) is 13.5. The van der Waals surface area contributed by atoms with E-state index in [0.29, 0.717) is 25.1 Å². The monoisotopic (exact) mass is 471 g/mol. The van der Waals surface area contributed by atoms with Gasteiger partial charge in [-0.3, -0.25) is 0 Å². The smallest absolute Gasteiger partial charge is 0.385 e. The van der Waals surface area contributed by atoms with Crippen molar-refractivity contribution in [2.75, 3.05) is 25.0 Å². The molecule has 5 nitrogen and oxygen atoms in total. The lowest BCUT2D eigenvalue weighted by atomic mass is 10.1. The summed E-state index contributed by atoms with van der Waals surface area (Å²) in [4.78, 5) is 8.53. The van der Waals surface area contributed by atoms with Crippen molar-refractivity contribution in [2.24, 2.45) is 0 Å². The molecule has 3 N–H and O–H groups in total. The summed E-state index contributed by atoms with van der Waals surface area (Å²) in [5, 5.41) is 5.95. The van der Waals surface area contributed by atoms with Crippen LogP contribution in [-0.2, 0) is 28.2 Å². The summed E-state index contributed by atoms with van der Waals surface area (Å²) < 4.78 is 55.5. The first-order valence-electron chi connectivity index (χ1n) is 10.7. The van der Waals surface area contributed by atoms with Crippen molar-refractivity contribution in [3.05, 3.63) is 64.7 Å². The lowest BCUT2D eigenvalue weighted by Crippen LogP contribution is -2.17. The summed E-state index contributed by atoms with van der Waals surface area (Å²) in [6, 6.07) is 12.7. The standard InChI is InChI=1S/C23H30F3N2O3P/c1-18-7-9-19(10-8-18)6-3-2-4-14-28-22-12-11-20(16-21(22)23(24,25)26)17-27-13-5-15-31-32(29)30/h7-12,16,27-28H,2-6,13-15,17H2,1H3/p+1. The molecule has 0 heterocycles. The number of unbranched alkanes of at least 4 members (excludes halogenated alkanes) is 2. The highest BCUT2D eigenvalue weighted by Crippen LogP contribution is 2.35. The van der Waals surface area contributed by atoms with Gasteiger partial charge in [-0.25, -0.2) is 0 Å². The number of aryl methyl sites for hydroxylation is 2. The van der Waals surface area contributed by atoms with Gasteiger partial charge in [-0.1, -0.05) is 42.3 Å². The van der Waals surface area contributed by atoms with Crippen molar-refractivity contribution in [1.82, 2.24) is 5.32 Å². The van der Waals surface area contributed by atoms with Crippen LogP contribution in [0.5, 0.6) is 0 Å². The molecule has 2 aromatic carbocycles. The van der Waals surface area contributed by atoms with Gasteiger partial charge in [-0.05, 0) is 62.4 Å². The number of halogens is 3. The van der Waals surface area contributed by atoms with E-state index in [2.05, 4.69) is 46.3 Å². The van der Waals surface area contributed by atoms with Gasteiger partial charge in [0.15, 0.2) is 0 Å². The molecule has 0 fully saturated rings. The van der Waals surface area contributed by atoms with E-state index >= 15 is 0 Å². The fraction of sp³-hybridized carbons (Fsp3) is 0.478. The number of anilines is 1. The van der Waals surface area contributed by atoms with E-state index < -0.39 is 20.0 Å². The maximum atomic E-state index is 13.5. The molecule has 0 aliphatic heterocycles. The van der Waals surface area contributed by atoms with Crippen LogP contribution < -0.4 is 10.6 Å². The summed E-state index contributed by atoms with van der Waals surface area (Å²) in [5.41, 5.74) is 2.46. The van der Waals surface area contributed by atoms with E-state index in [4.69, 9.17) is 4.89 Å². The zero-order valence-corrected chi connectivity index (χ0v) is 19.1. The molecule has 0 bridgehead atoms.